The third-order valence-corrected chi connectivity index (χ3v) is 6.02. The maximum Gasteiger partial charge on any atom is 0.344 e. The minimum Gasteiger partial charge on any atom is -0.497 e. The van der Waals surface area contributed by atoms with Crippen molar-refractivity contribution >= 4 is 16.9 Å². The first-order valence-electron chi connectivity index (χ1n) is 12.9. The van der Waals surface area contributed by atoms with Gasteiger partial charge in [-0.05, 0) is 36.6 Å². The second-order valence-corrected chi connectivity index (χ2v) is 9.23. The Morgan fingerprint density at radius 2 is 1.56 bits per heavy atom. The molecule has 2 heterocycles. The van der Waals surface area contributed by atoms with E-state index in [9.17, 15) is 9.59 Å². The third-order valence-electron chi connectivity index (χ3n) is 6.02. The Morgan fingerprint density at radius 3 is 2.19 bits per heavy atom. The predicted molar refractivity (Wildman–Crippen MR) is 140 cm³/mol. The number of ether oxygens (including phenoxy) is 3. The molecule has 0 aliphatic rings. The molecule has 0 spiro atoms. The number of benzene rings is 1. The molecule has 1 aromatic carbocycles. The summed E-state index contributed by atoms with van der Waals surface area (Å²) in [4.78, 5) is 28.3. The Bertz CT molecular complexity index is 1150. The Morgan fingerprint density at radius 1 is 0.917 bits per heavy atom. The first kappa shape index (κ1) is 27.2. The molecule has 2 aromatic heterocycles. The number of carbonyl (C=O) groups is 1. The van der Waals surface area contributed by atoms with Gasteiger partial charge in [0, 0.05) is 11.6 Å². The number of unbranched alkanes of at least 4 members (excludes halogenated alkanes) is 7. The lowest BCUT2D eigenvalue weighted by atomic mass is 10.1. The summed E-state index contributed by atoms with van der Waals surface area (Å²) >= 11 is 0. The number of nitrogens with zero attached hydrogens (tertiary/aromatic N) is 1. The molecule has 0 fully saturated rings. The lowest BCUT2D eigenvalue weighted by Gasteiger charge is -2.09. The van der Waals surface area contributed by atoms with Gasteiger partial charge in [-0.1, -0.05) is 64.5 Å². The number of hydrogen-bond acceptors (Lipinski definition) is 7. The summed E-state index contributed by atoms with van der Waals surface area (Å²) in [5, 5.41) is 0.719. The molecule has 194 valence electrons. The summed E-state index contributed by atoms with van der Waals surface area (Å²) in [5.41, 5.74) is 1.24. The fourth-order valence-electron chi connectivity index (χ4n) is 3.88. The molecule has 0 atom stereocenters. The van der Waals surface area contributed by atoms with Crippen molar-refractivity contribution in [2.45, 2.75) is 65.2 Å². The van der Waals surface area contributed by atoms with Crippen LogP contribution in [-0.4, -0.2) is 31.3 Å². The van der Waals surface area contributed by atoms with Gasteiger partial charge in [-0.25, -0.2) is 4.79 Å². The molecule has 0 aliphatic heterocycles. The van der Waals surface area contributed by atoms with E-state index in [2.05, 4.69) is 4.98 Å². The smallest absolute Gasteiger partial charge is 0.344 e. The predicted octanol–water partition coefficient (Wildman–Crippen LogP) is 6.56. The van der Waals surface area contributed by atoms with Gasteiger partial charge in [0.15, 0.2) is 11.3 Å². The molecule has 7 nitrogen and oxygen atoms in total. The van der Waals surface area contributed by atoms with Crippen LogP contribution in [0.15, 0.2) is 51.9 Å². The number of pyridine rings is 1. The van der Waals surface area contributed by atoms with Gasteiger partial charge in [0.05, 0.1) is 38.0 Å². The van der Waals surface area contributed by atoms with E-state index < -0.39 is 5.63 Å². The highest BCUT2D eigenvalue weighted by atomic mass is 16.5. The number of fused-ring (bicyclic) bond motifs is 1. The van der Waals surface area contributed by atoms with E-state index in [0.29, 0.717) is 30.1 Å². The van der Waals surface area contributed by atoms with Crippen LogP contribution < -0.4 is 15.1 Å². The molecule has 7 heteroatoms. The highest BCUT2D eigenvalue weighted by Crippen LogP contribution is 2.27. The Hall–Kier alpha value is -3.35. The highest BCUT2D eigenvalue weighted by Gasteiger charge is 2.12. The first-order valence-corrected chi connectivity index (χ1v) is 12.9. The minimum atomic E-state index is -0.415. The Kier molecular flexibility index (Phi) is 10.8. The van der Waals surface area contributed by atoms with Crippen molar-refractivity contribution in [1.82, 2.24) is 4.98 Å². The first-order chi connectivity index (χ1) is 17.5. The molecular formula is C29H37NO6. The summed E-state index contributed by atoms with van der Waals surface area (Å²) in [6.07, 6.45) is 12.0. The van der Waals surface area contributed by atoms with E-state index >= 15 is 0 Å². The van der Waals surface area contributed by atoms with Crippen LogP contribution >= 0.6 is 0 Å². The van der Waals surface area contributed by atoms with Crippen LogP contribution in [0.5, 0.6) is 11.5 Å². The van der Waals surface area contributed by atoms with Gasteiger partial charge in [0.2, 0.25) is 0 Å². The van der Waals surface area contributed by atoms with Gasteiger partial charge < -0.3 is 18.6 Å². The third kappa shape index (κ3) is 8.11. The van der Waals surface area contributed by atoms with Crippen LogP contribution in [0.3, 0.4) is 0 Å². The monoisotopic (exact) mass is 495 g/mol. The van der Waals surface area contributed by atoms with Gasteiger partial charge in [-0.2, -0.15) is 0 Å². The summed E-state index contributed by atoms with van der Waals surface area (Å²) in [5.74, 6) is 1.05. The number of aromatic nitrogens is 1. The van der Waals surface area contributed by atoms with Crippen LogP contribution in [0, 0.1) is 5.92 Å². The van der Waals surface area contributed by atoms with Crippen molar-refractivity contribution in [3.8, 4) is 22.6 Å². The molecule has 0 amide bonds. The molecule has 0 bridgehead atoms. The van der Waals surface area contributed by atoms with E-state index in [1.54, 1.807) is 25.6 Å². The molecule has 0 saturated carbocycles. The van der Waals surface area contributed by atoms with Gasteiger partial charge in [0.1, 0.15) is 5.75 Å². The van der Waals surface area contributed by atoms with Gasteiger partial charge >= 0.3 is 11.6 Å². The van der Waals surface area contributed by atoms with Gasteiger partial charge in [-0.3, -0.25) is 9.78 Å². The summed E-state index contributed by atoms with van der Waals surface area (Å²) in [6.45, 7) is 4.78. The second kappa shape index (κ2) is 14.3. The average Bonchev–Trinajstić information content (AvgIpc) is 2.89. The van der Waals surface area contributed by atoms with E-state index in [4.69, 9.17) is 18.6 Å². The van der Waals surface area contributed by atoms with Crippen molar-refractivity contribution in [2.24, 2.45) is 5.92 Å². The Balaban J connectivity index is 1.38. The number of hydrogen-bond donors (Lipinski definition) is 0. The fraction of sp³-hybridized carbons (Fsp3) is 0.483. The molecule has 0 N–H and O–H groups in total. The summed E-state index contributed by atoms with van der Waals surface area (Å²) < 4.78 is 21.9. The average molecular weight is 496 g/mol. The van der Waals surface area contributed by atoms with Crippen LogP contribution in [0.4, 0.5) is 0 Å². The van der Waals surface area contributed by atoms with Crippen molar-refractivity contribution in [1.29, 1.82) is 0 Å². The largest absolute Gasteiger partial charge is 0.497 e. The molecule has 0 radical (unpaired) electrons. The van der Waals surface area contributed by atoms with Crippen molar-refractivity contribution in [2.75, 3.05) is 20.3 Å². The second-order valence-electron chi connectivity index (χ2n) is 9.23. The maximum absolute atomic E-state index is 12.7. The highest BCUT2D eigenvalue weighted by molar-refractivity contribution is 5.85. The summed E-state index contributed by atoms with van der Waals surface area (Å²) in [7, 11) is 1.60. The lowest BCUT2D eigenvalue weighted by molar-refractivity contribution is -0.147. The van der Waals surface area contributed by atoms with Crippen LogP contribution in [0.25, 0.3) is 22.1 Å². The number of esters is 1. The zero-order valence-electron chi connectivity index (χ0n) is 21.6. The van der Waals surface area contributed by atoms with E-state index in [1.807, 2.05) is 38.1 Å². The lowest BCUT2D eigenvalue weighted by Crippen LogP contribution is -2.12. The summed E-state index contributed by atoms with van der Waals surface area (Å²) in [6, 6.07) is 9.06. The number of carbonyl (C=O) groups excluding carboxylic acids is 1. The normalized spacial score (nSPS) is 11.1. The van der Waals surface area contributed by atoms with E-state index in [0.717, 1.165) is 55.2 Å². The van der Waals surface area contributed by atoms with Gasteiger partial charge in [0.25, 0.3) is 0 Å². The Labute approximate surface area is 212 Å². The quantitative estimate of drug-likeness (QED) is 0.174. The van der Waals surface area contributed by atoms with Crippen LogP contribution in [0.1, 0.15) is 65.2 Å². The van der Waals surface area contributed by atoms with Crippen molar-refractivity contribution < 1.29 is 23.4 Å². The van der Waals surface area contributed by atoms with Crippen LogP contribution in [0.2, 0.25) is 0 Å². The molecule has 3 aromatic rings. The zero-order chi connectivity index (χ0) is 25.8. The van der Waals surface area contributed by atoms with Crippen LogP contribution in [-0.2, 0) is 9.53 Å². The van der Waals surface area contributed by atoms with E-state index in [-0.39, 0.29) is 11.9 Å². The topological polar surface area (TPSA) is 87.9 Å². The molecule has 0 saturated heterocycles. The number of rotatable bonds is 15. The molecule has 0 unspecified atom stereocenters. The fourth-order valence-corrected chi connectivity index (χ4v) is 3.88. The SMILES string of the molecule is COc1ccc(-c2cc3cncc(OCCCCCCCCCCOC(=O)C(C)C)c3oc2=O)cc1. The van der Waals surface area contributed by atoms with Gasteiger partial charge in [-0.15, -0.1) is 0 Å². The van der Waals surface area contributed by atoms with Crippen molar-refractivity contribution in [3.63, 3.8) is 0 Å². The minimum absolute atomic E-state index is 0.0534. The standard InChI is InChI=1S/C29H37NO6/c1-21(2)28(31)35-17-11-9-7-5-4-6-8-10-16-34-26-20-30-19-23-18-25(29(32)36-27(23)26)22-12-14-24(33-3)15-13-22/h12-15,18-21H,4-11,16-17H2,1-3H3. The number of methoxy groups -OCH3 is 1. The zero-order valence-corrected chi connectivity index (χ0v) is 21.6. The van der Waals surface area contributed by atoms with Crippen molar-refractivity contribution in [3.05, 3.63) is 53.1 Å². The molecule has 36 heavy (non-hydrogen) atoms. The molecule has 3 rings (SSSR count). The maximum atomic E-state index is 12.7. The molecule has 0 aliphatic carbocycles. The molecular weight excluding hydrogens is 458 g/mol. The van der Waals surface area contributed by atoms with E-state index in [1.165, 1.54) is 12.8 Å².